The van der Waals surface area contributed by atoms with Gasteiger partial charge in [0.2, 0.25) is 5.91 Å². The monoisotopic (exact) mass is 353 g/mol. The number of carbonyl (C=O) groups excluding carboxylic acids is 1. The Bertz CT molecular complexity index is 700. The largest absolute Gasteiger partial charge is 0.478 e. The van der Waals surface area contributed by atoms with Crippen molar-refractivity contribution in [1.82, 2.24) is 15.5 Å². The molecule has 0 aliphatic rings. The van der Waals surface area contributed by atoms with Gasteiger partial charge >= 0.3 is 0 Å². The molecule has 0 fully saturated rings. The Morgan fingerprint density at radius 2 is 2.08 bits per heavy atom. The summed E-state index contributed by atoms with van der Waals surface area (Å²) in [6.45, 7) is 7.40. The number of nitrogens with one attached hydrogen (secondary N) is 1. The van der Waals surface area contributed by atoms with Crippen LogP contribution in [0.25, 0.3) is 0 Å². The lowest BCUT2D eigenvalue weighted by Crippen LogP contribution is -2.41. The summed E-state index contributed by atoms with van der Waals surface area (Å²) in [4.78, 5) is 11.8. The van der Waals surface area contributed by atoms with Crippen molar-refractivity contribution in [2.24, 2.45) is 0 Å². The molecule has 0 aliphatic carbocycles. The Hall–Kier alpha value is -2.09. The number of halogens is 1. The van der Waals surface area contributed by atoms with Crippen molar-refractivity contribution < 1.29 is 18.3 Å². The van der Waals surface area contributed by atoms with Crippen LogP contribution in [0.4, 0.5) is 4.39 Å². The van der Waals surface area contributed by atoms with E-state index >= 15 is 0 Å². The van der Waals surface area contributed by atoms with Gasteiger partial charge in [0.05, 0.1) is 5.75 Å². The van der Waals surface area contributed by atoms with Crippen molar-refractivity contribution in [1.29, 1.82) is 0 Å². The molecule has 24 heavy (non-hydrogen) atoms. The topological polar surface area (TPSA) is 77.2 Å². The maximum absolute atomic E-state index is 13.6. The van der Waals surface area contributed by atoms with Crippen molar-refractivity contribution in [3.05, 3.63) is 36.0 Å². The molecular weight excluding hydrogens is 333 g/mol. The minimum Gasteiger partial charge on any atom is -0.478 e. The predicted octanol–water partition coefficient (Wildman–Crippen LogP) is 3.36. The van der Waals surface area contributed by atoms with Gasteiger partial charge in [0.15, 0.2) is 17.7 Å². The summed E-state index contributed by atoms with van der Waals surface area (Å²) in [5, 5.41) is 10.8. The van der Waals surface area contributed by atoms with Gasteiger partial charge in [-0.3, -0.25) is 4.79 Å². The minimum absolute atomic E-state index is 0.113. The van der Waals surface area contributed by atoms with E-state index in [-0.39, 0.29) is 34.1 Å². The Kier molecular flexibility index (Phi) is 5.82. The Morgan fingerprint density at radius 3 is 2.75 bits per heavy atom. The number of aromatic nitrogens is 2. The summed E-state index contributed by atoms with van der Waals surface area (Å²) in [5.74, 6) is -0.0827. The summed E-state index contributed by atoms with van der Waals surface area (Å²) in [6.07, 6.45) is -0.604. The van der Waals surface area contributed by atoms with E-state index in [0.717, 1.165) is 11.8 Å². The van der Waals surface area contributed by atoms with Crippen LogP contribution in [0.5, 0.6) is 5.75 Å². The second-order valence-electron chi connectivity index (χ2n) is 6.18. The van der Waals surface area contributed by atoms with Crippen molar-refractivity contribution in [2.75, 3.05) is 5.75 Å². The summed E-state index contributed by atoms with van der Waals surface area (Å²) < 4.78 is 24.5. The van der Waals surface area contributed by atoms with Crippen LogP contribution in [0.3, 0.4) is 0 Å². The number of ether oxygens (including phenoxy) is 1. The van der Waals surface area contributed by atoms with E-state index < -0.39 is 11.9 Å². The summed E-state index contributed by atoms with van der Waals surface area (Å²) in [6, 6.07) is 6.09. The zero-order valence-electron chi connectivity index (χ0n) is 14.0. The first-order valence-electron chi connectivity index (χ1n) is 7.43. The van der Waals surface area contributed by atoms with Crippen LogP contribution in [0.1, 0.15) is 39.7 Å². The second-order valence-corrected chi connectivity index (χ2v) is 7.11. The fraction of sp³-hybridized carbons (Fsp3) is 0.438. The first kappa shape index (κ1) is 18.3. The van der Waals surface area contributed by atoms with Gasteiger partial charge in [0.25, 0.3) is 11.1 Å². The first-order valence-corrected chi connectivity index (χ1v) is 8.41. The Labute approximate surface area is 144 Å². The maximum Gasteiger partial charge on any atom is 0.277 e. The molecule has 1 aromatic heterocycles. The lowest BCUT2D eigenvalue weighted by atomic mass is 10.1. The van der Waals surface area contributed by atoms with Gasteiger partial charge in [-0.15, -0.1) is 10.2 Å². The van der Waals surface area contributed by atoms with Crippen molar-refractivity contribution >= 4 is 17.7 Å². The molecule has 0 unspecified atom stereocenters. The fourth-order valence-corrected chi connectivity index (χ4v) is 2.38. The van der Waals surface area contributed by atoms with Crippen LogP contribution >= 0.6 is 11.8 Å². The van der Waals surface area contributed by atoms with Crippen molar-refractivity contribution in [2.45, 2.75) is 44.6 Å². The molecule has 0 radical (unpaired) electrons. The molecule has 0 saturated carbocycles. The number of carbonyl (C=O) groups is 1. The Morgan fingerprint density at radius 1 is 1.38 bits per heavy atom. The average molecular weight is 353 g/mol. The number of amides is 1. The molecule has 0 bridgehead atoms. The van der Waals surface area contributed by atoms with Crippen LogP contribution in [0.15, 0.2) is 33.9 Å². The van der Waals surface area contributed by atoms with E-state index in [1.165, 1.54) is 12.1 Å². The van der Waals surface area contributed by atoms with E-state index in [9.17, 15) is 9.18 Å². The van der Waals surface area contributed by atoms with Crippen LogP contribution in [0, 0.1) is 5.82 Å². The number of nitrogens with zero attached hydrogens (tertiary/aromatic N) is 2. The van der Waals surface area contributed by atoms with E-state index in [4.69, 9.17) is 9.15 Å². The van der Waals surface area contributed by atoms with Gasteiger partial charge < -0.3 is 14.5 Å². The summed E-state index contributed by atoms with van der Waals surface area (Å²) in [7, 11) is 0. The van der Waals surface area contributed by atoms with Crippen LogP contribution in [-0.4, -0.2) is 27.4 Å². The third-order valence-electron chi connectivity index (χ3n) is 2.75. The van der Waals surface area contributed by atoms with E-state index in [1.54, 1.807) is 19.1 Å². The second kappa shape index (κ2) is 7.65. The number of thioether (sulfide) groups is 1. The zero-order valence-corrected chi connectivity index (χ0v) is 14.8. The first-order chi connectivity index (χ1) is 11.2. The standard InChI is InChI=1S/C16H20FN3O3S/c1-10(22-12-8-6-5-7-11(12)17)14-19-20-15(23-14)24-9-13(21)18-16(2,3)4/h5-8,10H,9H2,1-4H3,(H,18,21)/t10-/m1/s1. The van der Waals surface area contributed by atoms with Crippen LogP contribution < -0.4 is 10.1 Å². The fourth-order valence-electron chi connectivity index (χ4n) is 1.81. The smallest absolute Gasteiger partial charge is 0.277 e. The summed E-state index contributed by atoms with van der Waals surface area (Å²) >= 11 is 1.13. The molecule has 8 heteroatoms. The molecule has 1 aromatic carbocycles. The lowest BCUT2D eigenvalue weighted by Gasteiger charge is -2.19. The van der Waals surface area contributed by atoms with Gasteiger partial charge in [-0.25, -0.2) is 4.39 Å². The average Bonchev–Trinajstić information content (AvgIpc) is 2.95. The summed E-state index contributed by atoms with van der Waals surface area (Å²) in [5.41, 5.74) is -0.292. The third-order valence-corrected chi connectivity index (χ3v) is 3.57. The van der Waals surface area contributed by atoms with Gasteiger partial charge in [-0.05, 0) is 39.8 Å². The highest BCUT2D eigenvalue weighted by Gasteiger charge is 2.19. The lowest BCUT2D eigenvalue weighted by molar-refractivity contribution is -0.119. The quantitative estimate of drug-likeness (QED) is 0.803. The SMILES string of the molecule is C[C@@H](Oc1ccccc1F)c1nnc(SCC(=O)NC(C)(C)C)o1. The Balaban J connectivity index is 1.90. The highest BCUT2D eigenvalue weighted by atomic mass is 32.2. The molecule has 1 amide bonds. The van der Waals surface area contributed by atoms with E-state index in [1.807, 2.05) is 20.8 Å². The number of para-hydroxylation sites is 1. The normalized spacial score (nSPS) is 12.7. The van der Waals surface area contributed by atoms with E-state index in [0.29, 0.717) is 0 Å². The van der Waals surface area contributed by atoms with Gasteiger partial charge in [-0.2, -0.15) is 0 Å². The van der Waals surface area contributed by atoms with Gasteiger partial charge in [-0.1, -0.05) is 23.9 Å². The van der Waals surface area contributed by atoms with Gasteiger partial charge in [0, 0.05) is 5.54 Å². The highest BCUT2D eigenvalue weighted by molar-refractivity contribution is 7.99. The van der Waals surface area contributed by atoms with Crippen molar-refractivity contribution in [3.63, 3.8) is 0 Å². The molecule has 0 saturated heterocycles. The highest BCUT2D eigenvalue weighted by Crippen LogP contribution is 2.25. The van der Waals surface area contributed by atoms with E-state index in [2.05, 4.69) is 15.5 Å². The molecule has 0 spiro atoms. The molecule has 2 aromatic rings. The van der Waals surface area contributed by atoms with Crippen LogP contribution in [-0.2, 0) is 4.79 Å². The predicted molar refractivity (Wildman–Crippen MR) is 88.4 cm³/mol. The molecule has 2 rings (SSSR count). The number of hydrogen-bond donors (Lipinski definition) is 1. The number of hydrogen-bond acceptors (Lipinski definition) is 6. The molecular formula is C16H20FN3O3S. The number of benzene rings is 1. The molecule has 1 heterocycles. The molecule has 6 nitrogen and oxygen atoms in total. The maximum atomic E-state index is 13.6. The van der Waals surface area contributed by atoms with Crippen LogP contribution in [0.2, 0.25) is 0 Å². The zero-order chi connectivity index (χ0) is 17.7. The third kappa shape index (κ3) is 5.52. The van der Waals surface area contributed by atoms with Crippen molar-refractivity contribution in [3.8, 4) is 5.75 Å². The number of rotatable bonds is 6. The van der Waals surface area contributed by atoms with Gasteiger partial charge in [0.1, 0.15) is 0 Å². The molecule has 130 valence electrons. The molecule has 1 N–H and O–H groups in total. The molecule has 1 atom stereocenters. The minimum atomic E-state index is -0.604. The molecule has 0 aliphatic heterocycles.